The summed E-state index contributed by atoms with van der Waals surface area (Å²) in [4.78, 5) is 1.71. The molecule has 1 saturated heterocycles. The largest absolute Gasteiger partial charge is 0.390 e. The van der Waals surface area contributed by atoms with Crippen molar-refractivity contribution in [1.29, 1.82) is 0 Å². The van der Waals surface area contributed by atoms with Gasteiger partial charge in [0.2, 0.25) is 0 Å². The van der Waals surface area contributed by atoms with Crippen LogP contribution in [0.2, 0.25) is 0 Å². The summed E-state index contributed by atoms with van der Waals surface area (Å²) in [5.74, 6) is -0.558. The molecule has 1 aromatic rings. The van der Waals surface area contributed by atoms with Crippen LogP contribution in [0.1, 0.15) is 23.6 Å². The van der Waals surface area contributed by atoms with Gasteiger partial charge in [0.1, 0.15) is 5.82 Å². The number of hydrogen-bond acceptors (Lipinski definition) is 2. The molecule has 1 heterocycles. The lowest BCUT2D eigenvalue weighted by atomic mass is 9.99. The molecule has 1 fully saturated rings. The zero-order valence-electron chi connectivity index (χ0n) is 11.3. The van der Waals surface area contributed by atoms with Crippen LogP contribution in [0.3, 0.4) is 0 Å². The molecular weight excluding hydrogens is 272 g/mol. The van der Waals surface area contributed by atoms with Gasteiger partial charge in [-0.1, -0.05) is 12.1 Å². The molecule has 0 saturated carbocycles. The van der Waals surface area contributed by atoms with Gasteiger partial charge in [-0.15, -0.1) is 0 Å². The molecule has 1 aliphatic heterocycles. The maximum Gasteiger partial charge on any atom is 0.390 e. The van der Waals surface area contributed by atoms with Crippen LogP contribution in [0.4, 0.5) is 17.6 Å². The van der Waals surface area contributed by atoms with Crippen molar-refractivity contribution in [2.45, 2.75) is 25.6 Å². The van der Waals surface area contributed by atoms with Crippen molar-refractivity contribution in [2.75, 3.05) is 26.2 Å². The van der Waals surface area contributed by atoms with Crippen molar-refractivity contribution in [3.05, 3.63) is 35.1 Å². The first-order valence-corrected chi connectivity index (χ1v) is 6.64. The third kappa shape index (κ3) is 3.93. The summed E-state index contributed by atoms with van der Waals surface area (Å²) in [6.45, 7) is 3.96. The van der Waals surface area contributed by atoms with Crippen LogP contribution < -0.4 is 5.32 Å². The molecular formula is C14H18F4N2. The molecule has 1 atom stereocenters. The molecule has 2 nitrogen and oxygen atoms in total. The Morgan fingerprint density at radius 3 is 2.45 bits per heavy atom. The van der Waals surface area contributed by atoms with Gasteiger partial charge >= 0.3 is 6.18 Å². The molecule has 2 rings (SSSR count). The van der Waals surface area contributed by atoms with Crippen LogP contribution in [0.5, 0.6) is 0 Å². The van der Waals surface area contributed by atoms with Gasteiger partial charge in [-0.2, -0.15) is 13.2 Å². The molecule has 1 aromatic carbocycles. The van der Waals surface area contributed by atoms with Gasteiger partial charge in [-0.3, -0.25) is 4.90 Å². The summed E-state index contributed by atoms with van der Waals surface area (Å²) in [6.07, 6.45) is -5.33. The van der Waals surface area contributed by atoms with Crippen molar-refractivity contribution in [2.24, 2.45) is 0 Å². The second-order valence-corrected chi connectivity index (χ2v) is 5.15. The van der Waals surface area contributed by atoms with Crippen molar-refractivity contribution in [3.8, 4) is 0 Å². The Bertz CT molecular complexity index is 453. The summed E-state index contributed by atoms with van der Waals surface area (Å²) in [5, 5.41) is 3.09. The standard InChI is InChI=1S/C14H18F4N2/c1-10-2-3-11(12(15)8-10)13(9-14(16,17)18)20-6-4-19-5-7-20/h2-3,8,13,19H,4-7,9H2,1H3/t13-/m0/s1. The lowest BCUT2D eigenvalue weighted by molar-refractivity contribution is -0.149. The van der Waals surface area contributed by atoms with E-state index in [-0.39, 0.29) is 5.56 Å². The second kappa shape index (κ2) is 6.10. The van der Waals surface area contributed by atoms with Gasteiger partial charge in [-0.05, 0) is 18.6 Å². The van der Waals surface area contributed by atoms with E-state index in [0.29, 0.717) is 31.7 Å². The summed E-state index contributed by atoms with van der Waals surface area (Å²) >= 11 is 0. The van der Waals surface area contributed by atoms with Gasteiger partial charge in [0.25, 0.3) is 0 Å². The Morgan fingerprint density at radius 1 is 1.25 bits per heavy atom. The first kappa shape index (κ1) is 15.3. The highest BCUT2D eigenvalue weighted by Crippen LogP contribution is 2.35. The van der Waals surface area contributed by atoms with E-state index in [0.717, 1.165) is 0 Å². The van der Waals surface area contributed by atoms with E-state index in [1.54, 1.807) is 17.9 Å². The monoisotopic (exact) mass is 290 g/mol. The fourth-order valence-corrected chi connectivity index (χ4v) is 2.55. The molecule has 6 heteroatoms. The summed E-state index contributed by atoms with van der Waals surface area (Å²) in [6, 6.07) is 3.48. The molecule has 1 N–H and O–H groups in total. The Morgan fingerprint density at radius 2 is 1.90 bits per heavy atom. The number of hydrogen-bond donors (Lipinski definition) is 1. The fourth-order valence-electron chi connectivity index (χ4n) is 2.55. The average Bonchev–Trinajstić information content (AvgIpc) is 2.36. The number of rotatable bonds is 3. The lowest BCUT2D eigenvalue weighted by Gasteiger charge is -2.35. The molecule has 1 aliphatic rings. The smallest absolute Gasteiger partial charge is 0.314 e. The van der Waals surface area contributed by atoms with Crippen molar-refractivity contribution >= 4 is 0 Å². The van der Waals surface area contributed by atoms with E-state index in [1.807, 2.05) is 0 Å². The van der Waals surface area contributed by atoms with Gasteiger partial charge < -0.3 is 5.32 Å². The molecule has 0 spiro atoms. The number of alkyl halides is 3. The maximum absolute atomic E-state index is 14.0. The third-order valence-electron chi connectivity index (χ3n) is 3.53. The predicted molar refractivity (Wildman–Crippen MR) is 69.0 cm³/mol. The van der Waals surface area contributed by atoms with E-state index < -0.39 is 24.5 Å². The van der Waals surface area contributed by atoms with Crippen LogP contribution in [0.15, 0.2) is 18.2 Å². The third-order valence-corrected chi connectivity index (χ3v) is 3.53. The van der Waals surface area contributed by atoms with Gasteiger partial charge in [0.15, 0.2) is 0 Å². The number of benzene rings is 1. The highest BCUT2D eigenvalue weighted by molar-refractivity contribution is 5.26. The SMILES string of the molecule is Cc1ccc([C@H](CC(F)(F)F)N2CCNCC2)c(F)c1. The number of halogens is 4. The lowest BCUT2D eigenvalue weighted by Crippen LogP contribution is -2.46. The van der Waals surface area contributed by atoms with E-state index in [2.05, 4.69) is 5.32 Å². The topological polar surface area (TPSA) is 15.3 Å². The predicted octanol–water partition coefficient (Wildman–Crippen LogP) is 3.03. The summed E-state index contributed by atoms with van der Waals surface area (Å²) < 4.78 is 52.4. The van der Waals surface area contributed by atoms with Gasteiger partial charge in [0, 0.05) is 37.8 Å². The highest BCUT2D eigenvalue weighted by atomic mass is 19.4. The fraction of sp³-hybridized carbons (Fsp3) is 0.571. The molecule has 0 bridgehead atoms. The number of nitrogens with one attached hydrogen (secondary N) is 1. The Balaban J connectivity index is 2.29. The minimum Gasteiger partial charge on any atom is -0.314 e. The van der Waals surface area contributed by atoms with E-state index in [9.17, 15) is 17.6 Å². The van der Waals surface area contributed by atoms with Crippen LogP contribution in [-0.2, 0) is 0 Å². The number of piperazine rings is 1. The van der Waals surface area contributed by atoms with Crippen LogP contribution in [0.25, 0.3) is 0 Å². The van der Waals surface area contributed by atoms with E-state index in [1.165, 1.54) is 12.1 Å². The minimum absolute atomic E-state index is 0.134. The Labute approximate surface area is 115 Å². The first-order chi connectivity index (χ1) is 9.37. The Hall–Kier alpha value is -1.14. The van der Waals surface area contributed by atoms with Gasteiger partial charge in [0.05, 0.1) is 6.42 Å². The molecule has 0 aromatic heterocycles. The summed E-state index contributed by atoms with van der Waals surface area (Å²) in [5.41, 5.74) is 0.840. The van der Waals surface area contributed by atoms with Crippen molar-refractivity contribution in [3.63, 3.8) is 0 Å². The minimum atomic E-state index is -4.31. The van der Waals surface area contributed by atoms with Crippen LogP contribution in [-0.4, -0.2) is 37.3 Å². The number of aryl methyl sites for hydroxylation is 1. The second-order valence-electron chi connectivity index (χ2n) is 5.15. The number of nitrogens with zero attached hydrogens (tertiary/aromatic N) is 1. The molecule has 20 heavy (non-hydrogen) atoms. The zero-order valence-corrected chi connectivity index (χ0v) is 11.3. The highest BCUT2D eigenvalue weighted by Gasteiger charge is 2.36. The average molecular weight is 290 g/mol. The first-order valence-electron chi connectivity index (χ1n) is 6.64. The van der Waals surface area contributed by atoms with Crippen LogP contribution >= 0.6 is 0 Å². The molecule has 0 aliphatic carbocycles. The van der Waals surface area contributed by atoms with E-state index in [4.69, 9.17) is 0 Å². The normalized spacial score (nSPS) is 19.1. The summed E-state index contributed by atoms with van der Waals surface area (Å²) in [7, 11) is 0. The van der Waals surface area contributed by atoms with Crippen molar-refractivity contribution in [1.82, 2.24) is 10.2 Å². The Kier molecular flexibility index (Phi) is 4.65. The van der Waals surface area contributed by atoms with E-state index >= 15 is 0 Å². The van der Waals surface area contributed by atoms with Crippen LogP contribution in [0, 0.1) is 12.7 Å². The van der Waals surface area contributed by atoms with Crippen molar-refractivity contribution < 1.29 is 17.6 Å². The molecule has 0 radical (unpaired) electrons. The quantitative estimate of drug-likeness (QED) is 0.861. The maximum atomic E-state index is 14.0. The van der Waals surface area contributed by atoms with Gasteiger partial charge in [-0.25, -0.2) is 4.39 Å². The zero-order chi connectivity index (χ0) is 14.8. The molecule has 112 valence electrons. The molecule has 0 unspecified atom stereocenters. The molecule has 0 amide bonds.